The molecular weight excluding hydrogens is 264 g/mol. The van der Waals surface area contributed by atoms with Crippen LogP contribution in [0.1, 0.15) is 12.5 Å². The number of nitrogens with zero attached hydrogens (tertiary/aromatic N) is 1. The van der Waals surface area contributed by atoms with E-state index >= 15 is 0 Å². The van der Waals surface area contributed by atoms with Crippen LogP contribution in [0.2, 0.25) is 0 Å². The van der Waals surface area contributed by atoms with Crippen LogP contribution < -0.4 is 10.2 Å². The number of aryl methyl sites for hydroxylation is 1. The zero-order valence-electron chi connectivity index (χ0n) is 12.2. The predicted molar refractivity (Wildman–Crippen MR) is 84.3 cm³/mol. The fourth-order valence-electron chi connectivity index (χ4n) is 2.10. The fraction of sp³-hybridized carbons (Fsp3) is 0.176. The molecule has 0 aliphatic heterocycles. The van der Waals surface area contributed by atoms with Gasteiger partial charge >= 0.3 is 0 Å². The molecule has 1 N–H and O–H groups in total. The minimum Gasteiger partial charge on any atom is -0.325 e. The number of para-hydroxylation sites is 2. The Balaban J connectivity index is 2.12. The van der Waals surface area contributed by atoms with Gasteiger partial charge in [-0.1, -0.05) is 36.4 Å². The molecule has 4 heteroatoms. The molecule has 0 aliphatic rings. The molecule has 0 unspecified atom stereocenters. The van der Waals surface area contributed by atoms with Gasteiger partial charge in [0.25, 0.3) is 0 Å². The lowest BCUT2D eigenvalue weighted by atomic mass is 10.2. The van der Waals surface area contributed by atoms with Crippen molar-refractivity contribution >= 4 is 23.2 Å². The number of rotatable bonds is 4. The number of nitrogens with one attached hydrogen (secondary N) is 1. The Labute approximate surface area is 124 Å². The van der Waals surface area contributed by atoms with Gasteiger partial charge in [-0.3, -0.25) is 9.59 Å². The summed E-state index contributed by atoms with van der Waals surface area (Å²) in [6, 6.07) is 16.7. The van der Waals surface area contributed by atoms with Crippen molar-refractivity contribution in [3.8, 4) is 0 Å². The van der Waals surface area contributed by atoms with Crippen LogP contribution in [-0.2, 0) is 9.59 Å². The molecule has 2 aromatic carbocycles. The van der Waals surface area contributed by atoms with Crippen molar-refractivity contribution in [3.05, 3.63) is 60.2 Å². The Bertz CT molecular complexity index is 638. The average Bonchev–Trinajstić information content (AvgIpc) is 2.46. The van der Waals surface area contributed by atoms with Crippen LogP contribution in [-0.4, -0.2) is 18.4 Å². The molecule has 2 amide bonds. The minimum absolute atomic E-state index is 0.00488. The van der Waals surface area contributed by atoms with Gasteiger partial charge in [-0.25, -0.2) is 0 Å². The molecule has 0 saturated heterocycles. The number of hydrogen-bond acceptors (Lipinski definition) is 2. The number of benzene rings is 2. The SMILES string of the molecule is CC(=O)N(CC(=O)Nc1ccccc1)c1ccccc1C. The molecular formula is C17H18N2O2. The summed E-state index contributed by atoms with van der Waals surface area (Å²) < 4.78 is 0. The standard InChI is InChI=1S/C17H18N2O2/c1-13-8-6-7-11-16(13)19(14(2)20)12-17(21)18-15-9-4-3-5-10-15/h3-11H,12H2,1-2H3,(H,18,21). The molecule has 0 saturated carbocycles. The molecule has 0 spiro atoms. The maximum atomic E-state index is 12.1. The first-order chi connectivity index (χ1) is 10.1. The van der Waals surface area contributed by atoms with Gasteiger partial charge in [-0.2, -0.15) is 0 Å². The van der Waals surface area contributed by atoms with Crippen molar-refractivity contribution in [3.63, 3.8) is 0 Å². The summed E-state index contributed by atoms with van der Waals surface area (Å²) in [4.78, 5) is 25.4. The highest BCUT2D eigenvalue weighted by Gasteiger charge is 2.17. The Hall–Kier alpha value is -2.62. The molecule has 0 aromatic heterocycles. The van der Waals surface area contributed by atoms with E-state index in [4.69, 9.17) is 0 Å². The van der Waals surface area contributed by atoms with Crippen LogP contribution in [0.25, 0.3) is 0 Å². The topological polar surface area (TPSA) is 49.4 Å². The van der Waals surface area contributed by atoms with E-state index in [0.29, 0.717) is 0 Å². The smallest absolute Gasteiger partial charge is 0.244 e. The van der Waals surface area contributed by atoms with Gasteiger partial charge in [-0.15, -0.1) is 0 Å². The van der Waals surface area contributed by atoms with E-state index in [1.165, 1.54) is 11.8 Å². The highest BCUT2D eigenvalue weighted by atomic mass is 16.2. The highest BCUT2D eigenvalue weighted by Crippen LogP contribution is 2.19. The maximum absolute atomic E-state index is 12.1. The summed E-state index contributed by atoms with van der Waals surface area (Å²) in [5.74, 6) is -0.382. The molecule has 2 rings (SSSR count). The molecule has 4 nitrogen and oxygen atoms in total. The van der Waals surface area contributed by atoms with Crippen molar-refractivity contribution in [1.29, 1.82) is 0 Å². The van der Waals surface area contributed by atoms with Gasteiger partial charge in [0.05, 0.1) is 0 Å². The van der Waals surface area contributed by atoms with Gasteiger partial charge in [0, 0.05) is 18.3 Å². The Morgan fingerprint density at radius 2 is 1.62 bits per heavy atom. The summed E-state index contributed by atoms with van der Waals surface area (Å²) in [6.45, 7) is 3.37. The zero-order valence-corrected chi connectivity index (χ0v) is 12.2. The lowest BCUT2D eigenvalue weighted by Gasteiger charge is -2.22. The Morgan fingerprint density at radius 1 is 1.00 bits per heavy atom. The molecule has 0 fully saturated rings. The molecule has 0 aliphatic carbocycles. The summed E-state index contributed by atoms with van der Waals surface area (Å²) in [6.07, 6.45) is 0. The molecule has 0 bridgehead atoms. The molecule has 0 heterocycles. The fourth-order valence-corrected chi connectivity index (χ4v) is 2.10. The summed E-state index contributed by atoms with van der Waals surface area (Å²) in [7, 11) is 0. The highest BCUT2D eigenvalue weighted by molar-refractivity contribution is 6.02. The van der Waals surface area contributed by atoms with E-state index in [2.05, 4.69) is 5.32 Å². The van der Waals surface area contributed by atoms with Gasteiger partial charge in [0.15, 0.2) is 0 Å². The Morgan fingerprint density at radius 3 is 2.24 bits per heavy atom. The number of hydrogen-bond donors (Lipinski definition) is 1. The molecule has 2 aromatic rings. The first-order valence-electron chi connectivity index (χ1n) is 6.76. The van der Waals surface area contributed by atoms with E-state index in [1.54, 1.807) is 0 Å². The van der Waals surface area contributed by atoms with E-state index in [9.17, 15) is 9.59 Å². The van der Waals surface area contributed by atoms with Crippen LogP contribution >= 0.6 is 0 Å². The first kappa shape index (κ1) is 14.8. The second-order valence-electron chi connectivity index (χ2n) is 4.81. The van der Waals surface area contributed by atoms with Gasteiger partial charge < -0.3 is 10.2 Å². The van der Waals surface area contributed by atoms with Crippen molar-refractivity contribution in [2.45, 2.75) is 13.8 Å². The van der Waals surface area contributed by atoms with Crippen molar-refractivity contribution in [2.24, 2.45) is 0 Å². The minimum atomic E-state index is -0.223. The lowest BCUT2D eigenvalue weighted by molar-refractivity contribution is -0.120. The average molecular weight is 282 g/mol. The van der Waals surface area contributed by atoms with Crippen LogP contribution in [0.3, 0.4) is 0 Å². The maximum Gasteiger partial charge on any atom is 0.244 e. The number of anilines is 2. The third kappa shape index (κ3) is 3.92. The summed E-state index contributed by atoms with van der Waals surface area (Å²) in [5.41, 5.74) is 2.43. The number of carbonyl (C=O) groups is 2. The van der Waals surface area contributed by atoms with Gasteiger partial charge in [0.1, 0.15) is 6.54 Å². The van der Waals surface area contributed by atoms with Crippen LogP contribution in [0.15, 0.2) is 54.6 Å². The van der Waals surface area contributed by atoms with Crippen LogP contribution in [0.4, 0.5) is 11.4 Å². The van der Waals surface area contributed by atoms with E-state index < -0.39 is 0 Å². The quantitative estimate of drug-likeness (QED) is 0.937. The van der Waals surface area contributed by atoms with Crippen LogP contribution in [0.5, 0.6) is 0 Å². The summed E-state index contributed by atoms with van der Waals surface area (Å²) in [5, 5.41) is 2.78. The third-order valence-electron chi connectivity index (χ3n) is 3.15. The predicted octanol–water partition coefficient (Wildman–Crippen LogP) is 2.99. The third-order valence-corrected chi connectivity index (χ3v) is 3.15. The van der Waals surface area contributed by atoms with Crippen molar-refractivity contribution in [2.75, 3.05) is 16.8 Å². The van der Waals surface area contributed by atoms with E-state index in [0.717, 1.165) is 16.9 Å². The van der Waals surface area contributed by atoms with E-state index in [1.807, 2.05) is 61.5 Å². The second kappa shape index (κ2) is 6.70. The lowest BCUT2D eigenvalue weighted by Crippen LogP contribution is -2.37. The number of amides is 2. The number of carbonyl (C=O) groups excluding carboxylic acids is 2. The molecule has 0 atom stereocenters. The zero-order chi connectivity index (χ0) is 15.2. The van der Waals surface area contributed by atoms with Crippen molar-refractivity contribution < 1.29 is 9.59 Å². The molecule has 21 heavy (non-hydrogen) atoms. The van der Waals surface area contributed by atoms with Crippen molar-refractivity contribution in [1.82, 2.24) is 0 Å². The van der Waals surface area contributed by atoms with Crippen LogP contribution in [0, 0.1) is 6.92 Å². The van der Waals surface area contributed by atoms with E-state index in [-0.39, 0.29) is 18.4 Å². The second-order valence-corrected chi connectivity index (χ2v) is 4.81. The monoisotopic (exact) mass is 282 g/mol. The first-order valence-corrected chi connectivity index (χ1v) is 6.76. The summed E-state index contributed by atoms with van der Waals surface area (Å²) >= 11 is 0. The van der Waals surface area contributed by atoms with Gasteiger partial charge in [0.2, 0.25) is 11.8 Å². The normalized spacial score (nSPS) is 10.0. The largest absolute Gasteiger partial charge is 0.325 e. The Kier molecular flexibility index (Phi) is 4.72. The van der Waals surface area contributed by atoms with Gasteiger partial charge in [-0.05, 0) is 30.7 Å². The molecule has 108 valence electrons. The molecule has 0 radical (unpaired) electrons.